The predicted molar refractivity (Wildman–Crippen MR) is 83.0 cm³/mol. The molecule has 1 saturated heterocycles. The van der Waals surface area contributed by atoms with Crippen molar-refractivity contribution < 1.29 is 4.79 Å². The van der Waals surface area contributed by atoms with E-state index >= 15 is 0 Å². The number of amides is 1. The zero-order chi connectivity index (χ0) is 14.5. The molecule has 110 valence electrons. The molecule has 20 heavy (non-hydrogen) atoms. The average Bonchev–Trinajstić information content (AvgIpc) is 2.43. The van der Waals surface area contributed by atoms with Crippen LogP contribution >= 0.6 is 11.6 Å². The topological polar surface area (TPSA) is 61.6 Å². The van der Waals surface area contributed by atoms with Crippen LogP contribution in [0.4, 0.5) is 11.4 Å². The Morgan fingerprint density at radius 1 is 1.30 bits per heavy atom. The number of benzene rings is 1. The summed E-state index contributed by atoms with van der Waals surface area (Å²) < 4.78 is 0. The summed E-state index contributed by atoms with van der Waals surface area (Å²) >= 11 is 5.90. The molecule has 0 atom stereocenters. The number of hydrogen-bond acceptors (Lipinski definition) is 4. The summed E-state index contributed by atoms with van der Waals surface area (Å²) in [5, 5.41) is 3.38. The maximum Gasteiger partial charge on any atom is 0.238 e. The molecule has 1 amide bonds. The van der Waals surface area contributed by atoms with Crippen molar-refractivity contribution in [3.8, 4) is 0 Å². The van der Waals surface area contributed by atoms with Gasteiger partial charge in [0.25, 0.3) is 0 Å². The second kappa shape index (κ2) is 6.92. The number of nitrogen functional groups attached to an aromatic ring is 1. The lowest BCUT2D eigenvalue weighted by Gasteiger charge is -2.33. The van der Waals surface area contributed by atoms with Crippen molar-refractivity contribution in [2.75, 3.05) is 50.3 Å². The lowest BCUT2D eigenvalue weighted by atomic mass is 10.2. The number of nitrogens with one attached hydrogen (secondary N) is 1. The number of halogens is 1. The van der Waals surface area contributed by atoms with Crippen molar-refractivity contribution in [2.24, 2.45) is 0 Å². The summed E-state index contributed by atoms with van der Waals surface area (Å²) in [5.41, 5.74) is 6.92. The molecule has 6 heteroatoms. The zero-order valence-electron chi connectivity index (χ0n) is 11.7. The summed E-state index contributed by atoms with van der Waals surface area (Å²) in [6.07, 6.45) is 0. The number of carbonyl (C=O) groups excluding carboxylic acids is 1. The fraction of sp³-hybridized carbons (Fsp3) is 0.500. The van der Waals surface area contributed by atoms with Gasteiger partial charge < -0.3 is 16.0 Å². The van der Waals surface area contributed by atoms with E-state index in [-0.39, 0.29) is 5.91 Å². The predicted octanol–water partition coefficient (Wildman–Crippen LogP) is 1.50. The van der Waals surface area contributed by atoms with Gasteiger partial charge in [0, 0.05) is 31.2 Å². The van der Waals surface area contributed by atoms with Gasteiger partial charge in [-0.15, -0.1) is 0 Å². The molecule has 5 nitrogen and oxygen atoms in total. The number of anilines is 2. The third-order valence-electron chi connectivity index (χ3n) is 3.57. The Balaban J connectivity index is 1.85. The minimum absolute atomic E-state index is 0.0519. The van der Waals surface area contributed by atoms with Crippen molar-refractivity contribution in [3.05, 3.63) is 23.2 Å². The first-order valence-corrected chi connectivity index (χ1v) is 7.26. The molecule has 1 aromatic carbocycles. The lowest BCUT2D eigenvalue weighted by molar-refractivity contribution is -0.117. The van der Waals surface area contributed by atoms with Gasteiger partial charge in [-0.3, -0.25) is 9.69 Å². The van der Waals surface area contributed by atoms with E-state index in [0.717, 1.165) is 32.7 Å². The largest absolute Gasteiger partial charge is 0.397 e. The van der Waals surface area contributed by atoms with Gasteiger partial charge in [0.1, 0.15) is 0 Å². The molecule has 1 fully saturated rings. The van der Waals surface area contributed by atoms with Crippen LogP contribution in [0.2, 0.25) is 5.02 Å². The molecule has 2 rings (SSSR count). The molecule has 0 saturated carbocycles. The first kappa shape index (κ1) is 15.1. The molecular formula is C14H21ClN4O. The van der Waals surface area contributed by atoms with E-state index < -0.39 is 0 Å². The number of nitrogens with two attached hydrogens (primary N) is 1. The Bertz CT molecular complexity index is 472. The summed E-state index contributed by atoms with van der Waals surface area (Å²) in [7, 11) is 0. The van der Waals surface area contributed by atoms with Crippen LogP contribution in [-0.2, 0) is 4.79 Å². The van der Waals surface area contributed by atoms with Crippen LogP contribution in [0, 0.1) is 0 Å². The number of carbonyl (C=O) groups is 1. The first-order valence-electron chi connectivity index (χ1n) is 6.88. The normalized spacial score (nSPS) is 17.1. The fourth-order valence-corrected chi connectivity index (χ4v) is 2.47. The van der Waals surface area contributed by atoms with Crippen LogP contribution in [-0.4, -0.2) is 55.0 Å². The number of nitrogens with zero attached hydrogens (tertiary/aromatic N) is 2. The monoisotopic (exact) mass is 296 g/mol. The molecule has 1 aliphatic heterocycles. The number of piperazine rings is 1. The molecule has 0 bridgehead atoms. The quantitative estimate of drug-likeness (QED) is 0.827. The van der Waals surface area contributed by atoms with E-state index in [1.165, 1.54) is 0 Å². The standard InChI is InChI=1S/C14H21ClN4O/c1-2-18-5-7-19(8-6-18)10-14(20)17-13-9-11(15)3-4-12(13)16/h3-4,9H,2,5-8,10,16H2,1H3,(H,17,20). The van der Waals surface area contributed by atoms with Gasteiger partial charge in [-0.1, -0.05) is 18.5 Å². The number of hydrogen-bond donors (Lipinski definition) is 2. The minimum Gasteiger partial charge on any atom is -0.397 e. The third-order valence-corrected chi connectivity index (χ3v) is 3.80. The van der Waals surface area contributed by atoms with E-state index in [4.69, 9.17) is 17.3 Å². The maximum atomic E-state index is 12.0. The van der Waals surface area contributed by atoms with Crippen LogP contribution in [0.15, 0.2) is 18.2 Å². The molecule has 1 heterocycles. The smallest absolute Gasteiger partial charge is 0.238 e. The van der Waals surface area contributed by atoms with Crippen molar-refractivity contribution >= 4 is 28.9 Å². The minimum atomic E-state index is -0.0519. The lowest BCUT2D eigenvalue weighted by Crippen LogP contribution is -2.48. The van der Waals surface area contributed by atoms with Crippen LogP contribution < -0.4 is 11.1 Å². The Kier molecular flexibility index (Phi) is 5.23. The van der Waals surface area contributed by atoms with Gasteiger partial charge in [0.05, 0.1) is 17.9 Å². The molecule has 0 unspecified atom stereocenters. The summed E-state index contributed by atoms with van der Waals surface area (Å²) in [6.45, 7) is 7.50. The Labute approximate surface area is 124 Å². The van der Waals surface area contributed by atoms with Gasteiger partial charge >= 0.3 is 0 Å². The third kappa shape index (κ3) is 4.10. The van der Waals surface area contributed by atoms with Gasteiger partial charge in [-0.05, 0) is 24.7 Å². The van der Waals surface area contributed by atoms with E-state index in [1.54, 1.807) is 18.2 Å². The highest BCUT2D eigenvalue weighted by atomic mass is 35.5. The molecular weight excluding hydrogens is 276 g/mol. The molecule has 0 aliphatic carbocycles. The van der Waals surface area contributed by atoms with Gasteiger partial charge in [0.2, 0.25) is 5.91 Å². The molecule has 0 spiro atoms. The van der Waals surface area contributed by atoms with Crippen LogP contribution in [0.25, 0.3) is 0 Å². The molecule has 0 radical (unpaired) electrons. The van der Waals surface area contributed by atoms with E-state index in [9.17, 15) is 4.79 Å². The second-order valence-electron chi connectivity index (χ2n) is 4.99. The van der Waals surface area contributed by atoms with Crippen LogP contribution in [0.5, 0.6) is 0 Å². The van der Waals surface area contributed by atoms with Crippen LogP contribution in [0.1, 0.15) is 6.92 Å². The first-order chi connectivity index (χ1) is 9.58. The number of rotatable bonds is 4. The fourth-order valence-electron chi connectivity index (χ4n) is 2.29. The van der Waals surface area contributed by atoms with Crippen molar-refractivity contribution in [3.63, 3.8) is 0 Å². The van der Waals surface area contributed by atoms with Gasteiger partial charge in [0.15, 0.2) is 0 Å². The van der Waals surface area contributed by atoms with Crippen LogP contribution in [0.3, 0.4) is 0 Å². The Morgan fingerprint density at radius 2 is 1.95 bits per heavy atom. The highest BCUT2D eigenvalue weighted by Crippen LogP contribution is 2.22. The molecule has 3 N–H and O–H groups in total. The Morgan fingerprint density at radius 3 is 2.60 bits per heavy atom. The summed E-state index contributed by atoms with van der Waals surface area (Å²) in [5.74, 6) is -0.0519. The number of likely N-dealkylation sites (N-methyl/N-ethyl adjacent to an activating group) is 1. The van der Waals surface area contributed by atoms with Gasteiger partial charge in [-0.25, -0.2) is 0 Å². The zero-order valence-corrected chi connectivity index (χ0v) is 12.5. The second-order valence-corrected chi connectivity index (χ2v) is 5.43. The molecule has 1 aromatic rings. The van der Waals surface area contributed by atoms with Crippen molar-refractivity contribution in [2.45, 2.75) is 6.92 Å². The van der Waals surface area contributed by atoms with Crippen molar-refractivity contribution in [1.82, 2.24) is 9.80 Å². The summed E-state index contributed by atoms with van der Waals surface area (Å²) in [4.78, 5) is 16.6. The summed E-state index contributed by atoms with van der Waals surface area (Å²) in [6, 6.07) is 5.07. The molecule has 0 aromatic heterocycles. The highest BCUT2D eigenvalue weighted by Gasteiger charge is 2.18. The van der Waals surface area contributed by atoms with E-state index in [1.807, 2.05) is 0 Å². The Hall–Kier alpha value is -1.30. The highest BCUT2D eigenvalue weighted by molar-refractivity contribution is 6.31. The van der Waals surface area contributed by atoms with Gasteiger partial charge in [-0.2, -0.15) is 0 Å². The molecule has 1 aliphatic rings. The SMILES string of the molecule is CCN1CCN(CC(=O)Nc2cc(Cl)ccc2N)CC1. The average molecular weight is 297 g/mol. The van der Waals surface area contributed by atoms with E-state index in [0.29, 0.717) is 22.9 Å². The maximum absolute atomic E-state index is 12.0. The van der Waals surface area contributed by atoms with E-state index in [2.05, 4.69) is 22.0 Å². The van der Waals surface area contributed by atoms with Crippen molar-refractivity contribution in [1.29, 1.82) is 0 Å².